The van der Waals surface area contributed by atoms with Crippen LogP contribution in [0.15, 0.2) is 39.6 Å². The summed E-state index contributed by atoms with van der Waals surface area (Å²) in [7, 11) is 0. The molecular formula is C26H33ClN8O3S. The molecule has 1 atom stereocenters. The molecular weight excluding hydrogens is 540 g/mol. The SMILES string of the molecule is CCC1(C)CCN(c2nnc(Sc3cccc(NC(=O)C4=C(O)N5CCCCC5NC4=O)c3Cl)c(N)n2)CC1. The fraction of sp³-hybridized carbons (Fsp3) is 0.500. The van der Waals surface area contributed by atoms with Crippen molar-refractivity contribution in [1.82, 2.24) is 25.4 Å². The van der Waals surface area contributed by atoms with E-state index in [9.17, 15) is 14.7 Å². The average molecular weight is 573 g/mol. The van der Waals surface area contributed by atoms with Gasteiger partial charge in [0.05, 0.1) is 10.7 Å². The molecule has 2 fully saturated rings. The van der Waals surface area contributed by atoms with Gasteiger partial charge in [-0.05, 0) is 49.7 Å². The van der Waals surface area contributed by atoms with Crippen LogP contribution in [-0.4, -0.2) is 62.8 Å². The van der Waals surface area contributed by atoms with E-state index in [1.54, 1.807) is 23.1 Å². The first kappa shape index (κ1) is 27.3. The van der Waals surface area contributed by atoms with Crippen LogP contribution in [0.5, 0.6) is 0 Å². The van der Waals surface area contributed by atoms with Crippen molar-refractivity contribution in [2.24, 2.45) is 5.41 Å². The number of nitrogens with two attached hydrogens (primary N) is 1. The number of hydrogen-bond donors (Lipinski definition) is 4. The molecule has 1 aromatic heterocycles. The van der Waals surface area contributed by atoms with Gasteiger partial charge >= 0.3 is 0 Å². The zero-order chi connectivity index (χ0) is 27.7. The van der Waals surface area contributed by atoms with Gasteiger partial charge in [0.15, 0.2) is 16.4 Å². The van der Waals surface area contributed by atoms with E-state index in [0.29, 0.717) is 34.3 Å². The van der Waals surface area contributed by atoms with Crippen LogP contribution in [0.4, 0.5) is 17.5 Å². The molecule has 5 rings (SSSR count). The lowest BCUT2D eigenvalue weighted by Crippen LogP contribution is -2.56. The largest absolute Gasteiger partial charge is 0.494 e. The van der Waals surface area contributed by atoms with E-state index in [-0.39, 0.29) is 34.1 Å². The van der Waals surface area contributed by atoms with E-state index in [1.807, 2.05) is 0 Å². The van der Waals surface area contributed by atoms with Crippen molar-refractivity contribution in [3.8, 4) is 0 Å². The lowest BCUT2D eigenvalue weighted by Gasteiger charge is -2.40. The maximum atomic E-state index is 13.0. The number of benzene rings is 1. The minimum atomic E-state index is -0.746. The molecule has 0 saturated carbocycles. The quantitative estimate of drug-likeness (QED) is 0.375. The Labute approximate surface area is 236 Å². The molecule has 2 saturated heterocycles. The summed E-state index contributed by atoms with van der Waals surface area (Å²) in [5.41, 5.74) is 6.53. The van der Waals surface area contributed by atoms with Gasteiger partial charge in [0.1, 0.15) is 6.17 Å². The summed E-state index contributed by atoms with van der Waals surface area (Å²) in [6.45, 7) is 6.81. The number of hydrogen-bond acceptors (Lipinski definition) is 10. The fourth-order valence-electron chi connectivity index (χ4n) is 5.11. The van der Waals surface area contributed by atoms with Crippen LogP contribution in [-0.2, 0) is 9.59 Å². The predicted molar refractivity (Wildman–Crippen MR) is 150 cm³/mol. The highest BCUT2D eigenvalue weighted by atomic mass is 35.5. The van der Waals surface area contributed by atoms with Gasteiger partial charge in [-0.25, -0.2) is 0 Å². The van der Waals surface area contributed by atoms with Crippen LogP contribution in [0.25, 0.3) is 0 Å². The Bertz CT molecular complexity index is 1310. The van der Waals surface area contributed by atoms with E-state index in [0.717, 1.165) is 45.2 Å². The maximum absolute atomic E-state index is 13.0. The maximum Gasteiger partial charge on any atom is 0.266 e. The van der Waals surface area contributed by atoms with E-state index in [1.165, 1.54) is 11.8 Å². The number of halogens is 1. The third-order valence-electron chi connectivity index (χ3n) is 7.95. The van der Waals surface area contributed by atoms with Gasteiger partial charge < -0.3 is 31.3 Å². The minimum Gasteiger partial charge on any atom is -0.494 e. The van der Waals surface area contributed by atoms with E-state index >= 15 is 0 Å². The lowest BCUT2D eigenvalue weighted by atomic mass is 9.78. The molecule has 1 aromatic carbocycles. The molecule has 208 valence electrons. The van der Waals surface area contributed by atoms with Crippen molar-refractivity contribution in [2.75, 3.05) is 35.6 Å². The number of nitrogens with one attached hydrogen (secondary N) is 2. The van der Waals surface area contributed by atoms with Crippen molar-refractivity contribution in [3.05, 3.63) is 34.7 Å². The number of amides is 2. The number of fused-ring (bicyclic) bond motifs is 1. The molecule has 2 aromatic rings. The number of aliphatic hydroxyl groups excluding tert-OH is 1. The highest BCUT2D eigenvalue weighted by molar-refractivity contribution is 7.99. The highest BCUT2D eigenvalue weighted by Gasteiger charge is 2.38. The Morgan fingerprint density at radius 1 is 1.28 bits per heavy atom. The predicted octanol–water partition coefficient (Wildman–Crippen LogP) is 3.92. The summed E-state index contributed by atoms with van der Waals surface area (Å²) >= 11 is 7.81. The second-order valence-electron chi connectivity index (χ2n) is 10.5. The van der Waals surface area contributed by atoms with Gasteiger partial charge in [-0.3, -0.25) is 9.59 Å². The van der Waals surface area contributed by atoms with Gasteiger partial charge in [-0.15, -0.1) is 10.2 Å². The first-order valence-corrected chi connectivity index (χ1v) is 14.4. The van der Waals surface area contributed by atoms with Crippen LogP contribution in [0, 0.1) is 5.41 Å². The number of nitrogen functional groups attached to an aromatic ring is 1. The molecule has 0 radical (unpaired) electrons. The van der Waals surface area contributed by atoms with Crippen LogP contribution in [0.2, 0.25) is 5.02 Å². The van der Waals surface area contributed by atoms with Crippen molar-refractivity contribution < 1.29 is 14.7 Å². The topological polar surface area (TPSA) is 150 Å². The Morgan fingerprint density at radius 2 is 2.05 bits per heavy atom. The molecule has 3 aliphatic rings. The number of anilines is 3. The Morgan fingerprint density at radius 3 is 2.77 bits per heavy atom. The molecule has 1 unspecified atom stereocenters. The van der Waals surface area contributed by atoms with Crippen LogP contribution < -0.4 is 21.3 Å². The molecule has 0 bridgehead atoms. The zero-order valence-corrected chi connectivity index (χ0v) is 23.6. The standard InChI is InChI=1S/C26H33ClN8O3S/c1-3-26(2)10-13-34(14-11-26)25-31-20(28)23(32-33-25)39-16-8-6-7-15(19(16)27)29-21(36)18-22(37)30-17-9-4-5-12-35(17)24(18)38/h6-8,17,38H,3-5,9-14H2,1-2H3,(H,29,36)(H,30,37)(H2,28,31,33). The van der Waals surface area contributed by atoms with Gasteiger partial charge in [-0.1, -0.05) is 49.7 Å². The summed E-state index contributed by atoms with van der Waals surface area (Å²) in [4.78, 5) is 34.5. The van der Waals surface area contributed by atoms with Gasteiger partial charge in [0.25, 0.3) is 11.8 Å². The van der Waals surface area contributed by atoms with Crippen molar-refractivity contribution in [3.63, 3.8) is 0 Å². The van der Waals surface area contributed by atoms with Crippen LogP contribution in [0.1, 0.15) is 52.4 Å². The highest BCUT2D eigenvalue weighted by Crippen LogP contribution is 2.39. The number of rotatable bonds is 6. The van der Waals surface area contributed by atoms with Gasteiger partial charge in [-0.2, -0.15) is 4.98 Å². The monoisotopic (exact) mass is 572 g/mol. The summed E-state index contributed by atoms with van der Waals surface area (Å²) in [5.74, 6) is -0.924. The average Bonchev–Trinajstić information content (AvgIpc) is 2.92. The molecule has 13 heteroatoms. The molecule has 3 aliphatic heterocycles. The van der Waals surface area contributed by atoms with Crippen molar-refractivity contribution in [1.29, 1.82) is 0 Å². The number of nitrogens with zero attached hydrogens (tertiary/aromatic N) is 5. The fourth-order valence-corrected chi connectivity index (χ4v) is 6.18. The van der Waals surface area contributed by atoms with E-state index in [4.69, 9.17) is 17.3 Å². The van der Waals surface area contributed by atoms with Crippen molar-refractivity contribution in [2.45, 2.75) is 68.5 Å². The molecule has 2 amide bonds. The van der Waals surface area contributed by atoms with E-state index in [2.05, 4.69) is 44.6 Å². The normalized spacial score (nSPS) is 20.9. The Kier molecular flexibility index (Phi) is 7.77. The summed E-state index contributed by atoms with van der Waals surface area (Å²) in [6, 6.07) is 5.09. The van der Waals surface area contributed by atoms with Crippen LogP contribution in [0.3, 0.4) is 0 Å². The zero-order valence-electron chi connectivity index (χ0n) is 22.0. The smallest absolute Gasteiger partial charge is 0.266 e. The first-order chi connectivity index (χ1) is 18.7. The Hall–Kier alpha value is -3.25. The minimum absolute atomic E-state index is 0.239. The number of aliphatic hydroxyl groups is 1. The van der Waals surface area contributed by atoms with Crippen molar-refractivity contribution >= 4 is 52.6 Å². The third kappa shape index (κ3) is 5.58. The first-order valence-electron chi connectivity index (χ1n) is 13.2. The Balaban J connectivity index is 1.30. The second kappa shape index (κ2) is 11.1. The lowest BCUT2D eigenvalue weighted by molar-refractivity contribution is -0.125. The second-order valence-corrected chi connectivity index (χ2v) is 11.9. The van der Waals surface area contributed by atoms with Gasteiger partial charge in [0, 0.05) is 24.5 Å². The van der Waals surface area contributed by atoms with Crippen LogP contribution >= 0.6 is 23.4 Å². The summed E-state index contributed by atoms with van der Waals surface area (Å²) in [5, 5.41) is 25.4. The third-order valence-corrected chi connectivity index (χ3v) is 9.51. The molecule has 0 aliphatic carbocycles. The molecule has 5 N–H and O–H groups in total. The molecule has 11 nitrogen and oxygen atoms in total. The number of aromatic nitrogens is 3. The molecule has 39 heavy (non-hydrogen) atoms. The van der Waals surface area contributed by atoms with E-state index < -0.39 is 11.8 Å². The van der Waals surface area contributed by atoms with Gasteiger partial charge in [0.2, 0.25) is 11.8 Å². The molecule has 0 spiro atoms. The summed E-state index contributed by atoms with van der Waals surface area (Å²) in [6.07, 6.45) is 5.49. The summed E-state index contributed by atoms with van der Waals surface area (Å²) < 4.78 is 0. The number of piperidine rings is 2. The molecule has 4 heterocycles. The number of carbonyl (C=O) groups excluding carboxylic acids is 2. The number of carbonyl (C=O) groups is 2.